The van der Waals surface area contributed by atoms with Crippen molar-refractivity contribution in [3.63, 3.8) is 0 Å². The van der Waals surface area contributed by atoms with E-state index >= 15 is 0 Å². The Morgan fingerprint density at radius 3 is 2.43 bits per heavy atom. The molecular formula is C21H31ClN4O2. The summed E-state index contributed by atoms with van der Waals surface area (Å²) in [6.07, 6.45) is 6.50. The Morgan fingerprint density at radius 2 is 1.93 bits per heavy atom. The molecule has 154 valence electrons. The smallest absolute Gasteiger partial charge is 0.147 e. The van der Waals surface area contributed by atoms with Crippen LogP contribution in [0.3, 0.4) is 0 Å². The summed E-state index contributed by atoms with van der Waals surface area (Å²) >= 11 is 6.02. The summed E-state index contributed by atoms with van der Waals surface area (Å²) in [5.41, 5.74) is 14.1. The third-order valence-electron chi connectivity index (χ3n) is 5.94. The number of aliphatic hydroxyl groups excluding tert-OH is 1. The molecule has 1 atom stereocenters. The predicted octanol–water partition coefficient (Wildman–Crippen LogP) is 4.19. The van der Waals surface area contributed by atoms with E-state index in [1.807, 2.05) is 0 Å². The minimum Gasteiger partial charge on any atom is -0.506 e. The highest BCUT2D eigenvalue weighted by molar-refractivity contribution is 6.34. The largest absolute Gasteiger partial charge is 0.506 e. The number of aryl methyl sites for hydroxylation is 1. The van der Waals surface area contributed by atoms with Crippen LogP contribution in [0, 0.1) is 12.3 Å². The van der Waals surface area contributed by atoms with E-state index in [0.29, 0.717) is 28.4 Å². The fourth-order valence-corrected chi connectivity index (χ4v) is 4.15. The van der Waals surface area contributed by atoms with Crippen molar-refractivity contribution in [3.05, 3.63) is 34.6 Å². The van der Waals surface area contributed by atoms with Crippen LogP contribution in [-0.4, -0.2) is 26.2 Å². The summed E-state index contributed by atoms with van der Waals surface area (Å²) in [6, 6.07) is 5.35. The molecule has 1 saturated carbocycles. The third-order valence-corrected chi connectivity index (χ3v) is 6.34. The second-order valence-corrected chi connectivity index (χ2v) is 7.73. The molecule has 28 heavy (non-hydrogen) atoms. The Hall–Kier alpha value is -1.89. The van der Waals surface area contributed by atoms with E-state index in [4.69, 9.17) is 28.2 Å². The van der Waals surface area contributed by atoms with Crippen molar-refractivity contribution in [2.75, 3.05) is 5.73 Å². The van der Waals surface area contributed by atoms with Gasteiger partial charge in [0.2, 0.25) is 0 Å². The Balaban J connectivity index is 0.000000237. The summed E-state index contributed by atoms with van der Waals surface area (Å²) < 4.78 is 0. The number of aromatic hydroxyl groups is 1. The molecule has 1 aliphatic rings. The zero-order valence-corrected chi connectivity index (χ0v) is 17.6. The van der Waals surface area contributed by atoms with E-state index in [2.05, 4.69) is 23.8 Å². The highest BCUT2D eigenvalue weighted by Gasteiger charge is 2.37. The highest BCUT2D eigenvalue weighted by atomic mass is 35.5. The molecule has 0 spiro atoms. The molecule has 3 rings (SSSR count). The number of phenols is 1. The van der Waals surface area contributed by atoms with Crippen LogP contribution in [0.4, 0.5) is 5.82 Å². The number of rotatable bonds is 4. The van der Waals surface area contributed by atoms with Gasteiger partial charge in [0.25, 0.3) is 0 Å². The molecule has 1 aromatic carbocycles. The Morgan fingerprint density at radius 1 is 1.25 bits per heavy atom. The lowest BCUT2D eigenvalue weighted by Gasteiger charge is -2.30. The monoisotopic (exact) mass is 406 g/mol. The van der Waals surface area contributed by atoms with Crippen molar-refractivity contribution >= 4 is 17.4 Å². The number of aliphatic hydroxyl groups is 1. The topological polar surface area (TPSA) is 118 Å². The summed E-state index contributed by atoms with van der Waals surface area (Å²) in [6.45, 7) is 5.98. The van der Waals surface area contributed by atoms with Crippen LogP contribution in [0.25, 0.3) is 11.3 Å². The maximum Gasteiger partial charge on any atom is 0.147 e. The molecule has 7 heteroatoms. The van der Waals surface area contributed by atoms with Gasteiger partial charge in [-0.25, -0.2) is 9.97 Å². The average molecular weight is 407 g/mol. The molecular weight excluding hydrogens is 376 g/mol. The number of nitrogen functional groups attached to an aromatic ring is 1. The quantitative estimate of drug-likeness (QED) is 0.604. The number of nitrogens with two attached hydrogens (primary N) is 2. The van der Waals surface area contributed by atoms with Crippen molar-refractivity contribution in [3.8, 4) is 17.0 Å². The van der Waals surface area contributed by atoms with Crippen LogP contribution in [0.2, 0.25) is 5.02 Å². The molecule has 6 nitrogen and oxygen atoms in total. The number of halogens is 1. The summed E-state index contributed by atoms with van der Waals surface area (Å²) in [5, 5.41) is 18.9. The molecule has 6 N–H and O–H groups in total. The first-order valence-electron chi connectivity index (χ1n) is 9.76. The maximum atomic E-state index is 9.58. The number of aromatic nitrogens is 2. The zero-order chi connectivity index (χ0) is 20.9. The van der Waals surface area contributed by atoms with Gasteiger partial charge in [-0.15, -0.1) is 0 Å². The average Bonchev–Trinajstić information content (AvgIpc) is 3.06. The standard InChI is InChI=1S/C12H12ClN3O2.C9H19N/c1-6-11(16-8(5-17)12(14)15-6)7-3-2-4-9(18)10(7)13;1-3-9(4-2)7-5-6-8(9)10/h2-4,17-18H,5H2,1H3,(H2,14,15);8H,3-7,10H2,1-2H3/t;8-/m.1/s1. The van der Waals surface area contributed by atoms with E-state index < -0.39 is 0 Å². The normalized spacial score (nSPS) is 17.9. The van der Waals surface area contributed by atoms with Gasteiger partial charge in [-0.05, 0) is 44.1 Å². The van der Waals surface area contributed by atoms with E-state index in [9.17, 15) is 5.11 Å². The van der Waals surface area contributed by atoms with Crippen molar-refractivity contribution in [1.29, 1.82) is 0 Å². The van der Waals surface area contributed by atoms with Crippen LogP contribution in [0.5, 0.6) is 5.75 Å². The Bertz CT molecular complexity index is 809. The van der Waals surface area contributed by atoms with Gasteiger partial charge in [-0.2, -0.15) is 0 Å². The summed E-state index contributed by atoms with van der Waals surface area (Å²) in [5.74, 6) is 0.160. The van der Waals surface area contributed by atoms with Gasteiger partial charge < -0.3 is 21.7 Å². The first-order valence-corrected chi connectivity index (χ1v) is 10.1. The van der Waals surface area contributed by atoms with Gasteiger partial charge >= 0.3 is 0 Å². The third kappa shape index (κ3) is 4.57. The molecule has 1 aromatic heterocycles. The van der Waals surface area contributed by atoms with Gasteiger partial charge in [-0.1, -0.05) is 44.0 Å². The van der Waals surface area contributed by atoms with Crippen LogP contribution in [0.15, 0.2) is 18.2 Å². The SMILES string of the molecule is CCC1(CC)CCC[C@H]1N.Cc1nc(N)c(CO)nc1-c1cccc(O)c1Cl. The highest BCUT2D eigenvalue weighted by Crippen LogP contribution is 2.42. The fraction of sp³-hybridized carbons (Fsp3) is 0.524. The Kier molecular flexibility index (Phi) is 7.63. The molecule has 0 radical (unpaired) electrons. The second kappa shape index (κ2) is 9.54. The van der Waals surface area contributed by atoms with Crippen LogP contribution >= 0.6 is 11.6 Å². The van der Waals surface area contributed by atoms with E-state index in [1.54, 1.807) is 19.1 Å². The molecule has 0 saturated heterocycles. The first-order chi connectivity index (χ1) is 13.3. The Labute approximate surface area is 172 Å². The molecule has 1 fully saturated rings. The second-order valence-electron chi connectivity index (χ2n) is 7.35. The number of nitrogens with zero attached hydrogens (tertiary/aromatic N) is 2. The van der Waals surface area contributed by atoms with E-state index in [1.165, 1.54) is 38.2 Å². The minimum atomic E-state index is -0.303. The number of hydrogen-bond acceptors (Lipinski definition) is 6. The number of anilines is 1. The fourth-order valence-electron chi connectivity index (χ4n) is 3.94. The summed E-state index contributed by atoms with van der Waals surface area (Å²) in [7, 11) is 0. The van der Waals surface area contributed by atoms with Gasteiger partial charge in [0.15, 0.2) is 0 Å². The zero-order valence-electron chi connectivity index (χ0n) is 16.9. The molecule has 0 amide bonds. The van der Waals surface area contributed by atoms with Crippen LogP contribution in [-0.2, 0) is 6.61 Å². The molecule has 1 heterocycles. The molecule has 2 aromatic rings. The number of hydrogen-bond donors (Lipinski definition) is 4. The molecule has 0 aliphatic heterocycles. The van der Waals surface area contributed by atoms with Gasteiger partial charge in [0, 0.05) is 11.6 Å². The predicted molar refractivity (Wildman–Crippen MR) is 114 cm³/mol. The number of phenolic OH excluding ortho intramolecular Hbond substituents is 1. The van der Waals surface area contributed by atoms with E-state index in [0.717, 1.165) is 0 Å². The van der Waals surface area contributed by atoms with Crippen molar-refractivity contribution in [2.45, 2.75) is 65.5 Å². The lowest BCUT2D eigenvalue weighted by molar-refractivity contribution is 0.237. The first kappa shape index (κ1) is 22.4. The lowest BCUT2D eigenvalue weighted by atomic mass is 9.78. The number of benzene rings is 1. The summed E-state index contributed by atoms with van der Waals surface area (Å²) in [4.78, 5) is 8.34. The van der Waals surface area contributed by atoms with E-state index in [-0.39, 0.29) is 28.9 Å². The maximum absolute atomic E-state index is 9.58. The molecule has 1 aliphatic carbocycles. The van der Waals surface area contributed by atoms with Crippen LogP contribution < -0.4 is 11.5 Å². The lowest BCUT2D eigenvalue weighted by Crippen LogP contribution is -2.35. The molecule has 0 bridgehead atoms. The van der Waals surface area contributed by atoms with Gasteiger partial charge in [0.1, 0.15) is 17.3 Å². The van der Waals surface area contributed by atoms with Crippen LogP contribution in [0.1, 0.15) is 57.3 Å². The van der Waals surface area contributed by atoms with Crippen molar-refractivity contribution in [1.82, 2.24) is 9.97 Å². The van der Waals surface area contributed by atoms with Gasteiger partial charge in [0.05, 0.1) is 23.0 Å². The molecule has 0 unspecified atom stereocenters. The van der Waals surface area contributed by atoms with Crippen molar-refractivity contribution in [2.24, 2.45) is 11.1 Å². The minimum absolute atomic E-state index is 0.0299. The van der Waals surface area contributed by atoms with Gasteiger partial charge in [-0.3, -0.25) is 0 Å². The van der Waals surface area contributed by atoms with Crippen molar-refractivity contribution < 1.29 is 10.2 Å².